The first-order valence-electron chi connectivity index (χ1n) is 7.88. The Morgan fingerprint density at radius 2 is 2.14 bits per heavy atom. The summed E-state index contributed by atoms with van der Waals surface area (Å²) in [6.07, 6.45) is 2.42. The zero-order chi connectivity index (χ0) is 15.4. The van der Waals surface area contributed by atoms with Crippen LogP contribution in [-0.4, -0.2) is 55.8 Å². The van der Waals surface area contributed by atoms with Crippen LogP contribution in [0.15, 0.2) is 12.1 Å². The minimum Gasteiger partial charge on any atom is -0.379 e. The number of anilines is 1. The van der Waals surface area contributed by atoms with Gasteiger partial charge in [-0.25, -0.2) is 4.98 Å². The first-order chi connectivity index (χ1) is 10.8. The molecule has 1 atom stereocenters. The third-order valence-corrected chi connectivity index (χ3v) is 4.71. The number of nitrogens with zero attached hydrogens (tertiary/aromatic N) is 4. The van der Waals surface area contributed by atoms with Gasteiger partial charge < -0.3 is 9.64 Å². The number of piperidine rings is 1. The highest BCUT2D eigenvalue weighted by atomic mass is 35.5. The molecule has 0 radical (unpaired) electrons. The SMILES string of the molecule is N#Cc1nc(N2CCC[C@H](CN3CCOCC3)C2)ccc1Cl. The Morgan fingerprint density at radius 1 is 1.32 bits per heavy atom. The maximum absolute atomic E-state index is 9.08. The van der Waals surface area contributed by atoms with Gasteiger partial charge in [0.1, 0.15) is 11.9 Å². The summed E-state index contributed by atoms with van der Waals surface area (Å²) in [5.41, 5.74) is 0.314. The number of pyridine rings is 1. The van der Waals surface area contributed by atoms with E-state index in [9.17, 15) is 0 Å². The minimum atomic E-state index is 0.314. The van der Waals surface area contributed by atoms with Crippen molar-refractivity contribution in [2.45, 2.75) is 12.8 Å². The molecule has 6 heteroatoms. The van der Waals surface area contributed by atoms with Crippen LogP contribution in [0.1, 0.15) is 18.5 Å². The largest absolute Gasteiger partial charge is 0.379 e. The number of hydrogen-bond donors (Lipinski definition) is 0. The monoisotopic (exact) mass is 320 g/mol. The standard InChI is InChI=1S/C16H21ClN4O/c17-14-3-4-16(19-15(14)10-18)21-5-1-2-13(12-21)11-20-6-8-22-9-7-20/h3-4,13H,1-2,5-9,11-12H2/t13-/m1/s1. The van der Waals surface area contributed by atoms with Gasteiger partial charge in [-0.15, -0.1) is 0 Å². The van der Waals surface area contributed by atoms with Crippen molar-refractivity contribution in [2.75, 3.05) is 50.8 Å². The summed E-state index contributed by atoms with van der Waals surface area (Å²) in [5, 5.41) is 9.50. The van der Waals surface area contributed by atoms with Crippen LogP contribution in [0.4, 0.5) is 5.82 Å². The Morgan fingerprint density at radius 3 is 2.91 bits per heavy atom. The molecule has 3 heterocycles. The summed E-state index contributed by atoms with van der Waals surface area (Å²) in [6, 6.07) is 5.75. The van der Waals surface area contributed by atoms with Crippen LogP contribution in [0.2, 0.25) is 5.02 Å². The summed E-state index contributed by atoms with van der Waals surface area (Å²) in [6.45, 7) is 6.89. The highest BCUT2D eigenvalue weighted by Gasteiger charge is 2.24. The van der Waals surface area contributed by atoms with Crippen LogP contribution in [0, 0.1) is 17.2 Å². The highest BCUT2D eigenvalue weighted by molar-refractivity contribution is 6.31. The minimum absolute atomic E-state index is 0.314. The van der Waals surface area contributed by atoms with Crippen molar-refractivity contribution in [3.63, 3.8) is 0 Å². The molecule has 2 aliphatic rings. The van der Waals surface area contributed by atoms with Crippen molar-refractivity contribution in [1.82, 2.24) is 9.88 Å². The third-order valence-electron chi connectivity index (χ3n) is 4.40. The average molecular weight is 321 g/mol. The molecule has 2 fully saturated rings. The van der Waals surface area contributed by atoms with Crippen LogP contribution >= 0.6 is 11.6 Å². The Kier molecular flexibility index (Phi) is 5.14. The van der Waals surface area contributed by atoms with Crippen molar-refractivity contribution in [3.05, 3.63) is 22.8 Å². The molecule has 2 saturated heterocycles. The van der Waals surface area contributed by atoms with E-state index in [-0.39, 0.29) is 0 Å². The topological polar surface area (TPSA) is 52.4 Å². The lowest BCUT2D eigenvalue weighted by Crippen LogP contribution is -2.44. The van der Waals surface area contributed by atoms with Crippen molar-refractivity contribution < 1.29 is 4.74 Å². The summed E-state index contributed by atoms with van der Waals surface area (Å²) >= 11 is 5.97. The van der Waals surface area contributed by atoms with E-state index in [4.69, 9.17) is 21.6 Å². The van der Waals surface area contributed by atoms with E-state index in [1.807, 2.05) is 6.07 Å². The predicted octanol–water partition coefficient (Wildman–Crippen LogP) is 2.16. The van der Waals surface area contributed by atoms with Crippen LogP contribution in [0.25, 0.3) is 0 Å². The number of nitriles is 1. The van der Waals surface area contributed by atoms with Gasteiger partial charge in [-0.1, -0.05) is 11.6 Å². The molecule has 0 spiro atoms. The molecule has 0 N–H and O–H groups in total. The van der Waals surface area contributed by atoms with Gasteiger partial charge >= 0.3 is 0 Å². The number of hydrogen-bond acceptors (Lipinski definition) is 5. The second-order valence-electron chi connectivity index (χ2n) is 5.98. The summed E-state index contributed by atoms with van der Waals surface area (Å²) < 4.78 is 5.41. The average Bonchev–Trinajstić information content (AvgIpc) is 2.56. The van der Waals surface area contributed by atoms with Gasteiger partial charge in [0.25, 0.3) is 0 Å². The molecule has 2 aliphatic heterocycles. The fraction of sp³-hybridized carbons (Fsp3) is 0.625. The number of rotatable bonds is 3. The fourth-order valence-electron chi connectivity index (χ4n) is 3.26. The molecule has 0 saturated carbocycles. The smallest absolute Gasteiger partial charge is 0.161 e. The summed E-state index contributed by atoms with van der Waals surface area (Å²) in [5.74, 6) is 1.52. The molecule has 0 bridgehead atoms. The Labute approximate surface area is 136 Å². The number of morpholine rings is 1. The van der Waals surface area contributed by atoms with Gasteiger partial charge in [0.15, 0.2) is 5.69 Å². The van der Waals surface area contributed by atoms with E-state index in [0.717, 1.165) is 51.8 Å². The van der Waals surface area contributed by atoms with Crippen LogP contribution in [0.5, 0.6) is 0 Å². The zero-order valence-electron chi connectivity index (χ0n) is 12.7. The summed E-state index contributed by atoms with van der Waals surface area (Å²) in [4.78, 5) is 9.17. The van der Waals surface area contributed by atoms with Gasteiger partial charge in [-0.05, 0) is 30.9 Å². The van der Waals surface area contributed by atoms with Gasteiger partial charge in [0.05, 0.1) is 18.2 Å². The maximum Gasteiger partial charge on any atom is 0.161 e. The molecule has 0 unspecified atom stereocenters. The van der Waals surface area contributed by atoms with Gasteiger partial charge in [0, 0.05) is 32.7 Å². The molecule has 0 amide bonds. The van der Waals surface area contributed by atoms with Crippen LogP contribution in [-0.2, 0) is 4.74 Å². The van der Waals surface area contributed by atoms with Gasteiger partial charge in [-0.3, -0.25) is 4.90 Å². The van der Waals surface area contributed by atoms with Crippen LogP contribution < -0.4 is 4.90 Å². The summed E-state index contributed by atoms with van der Waals surface area (Å²) in [7, 11) is 0. The van der Waals surface area contributed by atoms with E-state index >= 15 is 0 Å². The first kappa shape index (κ1) is 15.5. The number of halogens is 1. The lowest BCUT2D eigenvalue weighted by atomic mass is 9.97. The normalized spacial score (nSPS) is 23.3. The molecule has 22 heavy (non-hydrogen) atoms. The van der Waals surface area contributed by atoms with E-state index in [2.05, 4.69) is 20.9 Å². The maximum atomic E-state index is 9.08. The Balaban J connectivity index is 1.63. The second-order valence-corrected chi connectivity index (χ2v) is 6.39. The molecular formula is C16H21ClN4O. The first-order valence-corrected chi connectivity index (χ1v) is 8.26. The van der Waals surface area contributed by atoms with E-state index < -0.39 is 0 Å². The number of ether oxygens (including phenoxy) is 1. The Hall–Kier alpha value is -1.35. The number of aromatic nitrogens is 1. The predicted molar refractivity (Wildman–Crippen MR) is 86.2 cm³/mol. The second kappa shape index (κ2) is 7.28. The van der Waals surface area contributed by atoms with E-state index in [1.54, 1.807) is 6.07 Å². The third kappa shape index (κ3) is 3.70. The molecule has 1 aromatic heterocycles. The molecular weight excluding hydrogens is 300 g/mol. The zero-order valence-corrected chi connectivity index (χ0v) is 13.4. The lowest BCUT2D eigenvalue weighted by molar-refractivity contribution is 0.0296. The quantitative estimate of drug-likeness (QED) is 0.854. The van der Waals surface area contributed by atoms with Crippen molar-refractivity contribution >= 4 is 17.4 Å². The molecule has 1 aromatic rings. The van der Waals surface area contributed by atoms with Gasteiger partial charge in [-0.2, -0.15) is 5.26 Å². The highest BCUT2D eigenvalue weighted by Crippen LogP contribution is 2.25. The molecule has 118 valence electrons. The molecule has 3 rings (SSSR count). The van der Waals surface area contributed by atoms with Crippen LogP contribution in [0.3, 0.4) is 0 Å². The molecule has 0 aromatic carbocycles. The molecule has 5 nitrogen and oxygen atoms in total. The fourth-order valence-corrected chi connectivity index (χ4v) is 3.40. The van der Waals surface area contributed by atoms with E-state index in [1.165, 1.54) is 12.8 Å². The molecule has 0 aliphatic carbocycles. The van der Waals surface area contributed by atoms with Crippen molar-refractivity contribution in [2.24, 2.45) is 5.92 Å². The Bertz CT molecular complexity index is 554. The lowest BCUT2D eigenvalue weighted by Gasteiger charge is -2.37. The van der Waals surface area contributed by atoms with Crippen molar-refractivity contribution in [3.8, 4) is 6.07 Å². The van der Waals surface area contributed by atoms with E-state index in [0.29, 0.717) is 16.6 Å². The van der Waals surface area contributed by atoms with Gasteiger partial charge in [0.2, 0.25) is 0 Å². The van der Waals surface area contributed by atoms with Crippen molar-refractivity contribution in [1.29, 1.82) is 5.26 Å².